The monoisotopic (exact) mass is 402 g/mol. The van der Waals surface area contributed by atoms with Crippen LogP contribution in [-0.4, -0.2) is 49.8 Å². The number of carbonyl (C=O) groups excluding carboxylic acids is 2. The number of benzene rings is 1. The second-order valence-corrected chi connectivity index (χ2v) is 7.17. The van der Waals surface area contributed by atoms with E-state index in [4.69, 9.17) is 9.84 Å². The predicted molar refractivity (Wildman–Crippen MR) is 104 cm³/mol. The first-order valence-corrected chi connectivity index (χ1v) is 8.66. The van der Waals surface area contributed by atoms with Crippen molar-refractivity contribution in [3.63, 3.8) is 0 Å². The quantitative estimate of drug-likeness (QED) is 0.595. The summed E-state index contributed by atoms with van der Waals surface area (Å²) in [7, 11) is 0. The van der Waals surface area contributed by atoms with Gasteiger partial charge in [0, 0.05) is 17.4 Å². The molecule has 154 valence electrons. The third-order valence-electron chi connectivity index (χ3n) is 3.54. The largest absolute Gasteiger partial charge is 0.493 e. The minimum atomic E-state index is -1.33. The summed E-state index contributed by atoms with van der Waals surface area (Å²) in [5.74, 6) is -2.28. The highest BCUT2D eigenvalue weighted by Gasteiger charge is 2.21. The number of nitrogens with zero attached hydrogens (tertiary/aromatic N) is 2. The molecule has 0 saturated carbocycles. The number of hydrogen-bond acceptors (Lipinski definition) is 7. The summed E-state index contributed by atoms with van der Waals surface area (Å²) in [5.41, 5.74) is -0.0998. The second-order valence-electron chi connectivity index (χ2n) is 7.17. The van der Waals surface area contributed by atoms with Crippen LogP contribution in [0.2, 0.25) is 0 Å². The van der Waals surface area contributed by atoms with E-state index < -0.39 is 41.1 Å². The van der Waals surface area contributed by atoms with E-state index in [-0.39, 0.29) is 5.82 Å². The Hall–Kier alpha value is -3.69. The fourth-order valence-corrected chi connectivity index (χ4v) is 2.17. The number of aromatic nitrogens is 2. The van der Waals surface area contributed by atoms with Gasteiger partial charge in [0.25, 0.3) is 0 Å². The highest BCUT2D eigenvalue weighted by molar-refractivity contribution is 5.96. The van der Waals surface area contributed by atoms with Gasteiger partial charge in [-0.2, -0.15) is 4.98 Å². The molecular weight excluding hydrogens is 380 g/mol. The lowest BCUT2D eigenvalue weighted by molar-refractivity contribution is -0.117. The van der Waals surface area contributed by atoms with E-state index in [1.807, 2.05) is 0 Å². The van der Waals surface area contributed by atoms with Crippen LogP contribution in [0.25, 0.3) is 11.4 Å². The molecule has 29 heavy (non-hydrogen) atoms. The first-order valence-electron chi connectivity index (χ1n) is 8.66. The molecule has 2 amide bonds. The number of carboxylic acid groups (broad SMARTS) is 1. The second kappa shape index (κ2) is 8.55. The molecule has 0 fully saturated rings. The number of alkyl carbamates (subject to hydrolysis) is 1. The van der Waals surface area contributed by atoms with Gasteiger partial charge in [-0.1, -0.05) is 0 Å². The molecule has 1 heterocycles. The molecule has 0 radical (unpaired) electrons. The molecule has 1 atom stereocenters. The van der Waals surface area contributed by atoms with Gasteiger partial charge in [0.2, 0.25) is 11.8 Å². The van der Waals surface area contributed by atoms with Crippen LogP contribution < -0.4 is 10.6 Å². The Morgan fingerprint density at radius 1 is 1.14 bits per heavy atom. The van der Waals surface area contributed by atoms with Gasteiger partial charge < -0.3 is 25.6 Å². The van der Waals surface area contributed by atoms with Crippen molar-refractivity contribution in [2.75, 3.05) is 5.32 Å². The van der Waals surface area contributed by atoms with Crippen LogP contribution in [0.4, 0.5) is 10.5 Å². The molecule has 2 rings (SSSR count). The maximum atomic E-state index is 12.2. The molecule has 0 spiro atoms. The van der Waals surface area contributed by atoms with Crippen molar-refractivity contribution in [1.82, 2.24) is 15.3 Å². The van der Waals surface area contributed by atoms with Crippen LogP contribution in [0.3, 0.4) is 0 Å². The average Bonchev–Trinajstić information content (AvgIpc) is 2.60. The van der Waals surface area contributed by atoms with Gasteiger partial charge in [-0.3, -0.25) is 4.79 Å². The average molecular weight is 402 g/mol. The van der Waals surface area contributed by atoms with Crippen molar-refractivity contribution in [1.29, 1.82) is 0 Å². The van der Waals surface area contributed by atoms with Crippen LogP contribution in [0.5, 0.6) is 5.88 Å². The van der Waals surface area contributed by atoms with E-state index in [0.717, 1.165) is 6.20 Å². The van der Waals surface area contributed by atoms with Crippen LogP contribution in [0, 0.1) is 0 Å². The predicted octanol–water partition coefficient (Wildman–Crippen LogP) is 2.40. The van der Waals surface area contributed by atoms with E-state index in [2.05, 4.69) is 20.6 Å². The van der Waals surface area contributed by atoms with E-state index >= 15 is 0 Å². The number of ether oxygens (including phenoxy) is 1. The Balaban J connectivity index is 2.01. The normalized spacial score (nSPS) is 12.0. The van der Waals surface area contributed by atoms with Crippen molar-refractivity contribution in [2.24, 2.45) is 0 Å². The van der Waals surface area contributed by atoms with Gasteiger partial charge in [-0.25, -0.2) is 14.6 Å². The summed E-state index contributed by atoms with van der Waals surface area (Å²) < 4.78 is 5.11. The molecule has 0 aliphatic rings. The Morgan fingerprint density at radius 2 is 1.76 bits per heavy atom. The standard InChI is InChI=1S/C19H22N4O6/c1-10(21-18(28)29-19(2,3)4)15(24)22-12-7-5-11(6-8-12)14-20-9-13(17(26)27)16(25)23-14/h5-10H,1-4H3,(H,21,28)(H,22,24)(H,26,27)(H,20,23,25)/t10-/m1/s1. The number of rotatable bonds is 5. The molecule has 0 aliphatic heterocycles. The van der Waals surface area contributed by atoms with Gasteiger partial charge >= 0.3 is 12.1 Å². The summed E-state index contributed by atoms with van der Waals surface area (Å²) >= 11 is 0. The van der Waals surface area contributed by atoms with E-state index in [1.54, 1.807) is 45.0 Å². The third kappa shape index (κ3) is 6.16. The Bertz CT molecular complexity index is 921. The maximum Gasteiger partial charge on any atom is 0.408 e. The summed E-state index contributed by atoms with van der Waals surface area (Å²) in [6.07, 6.45) is 0.317. The third-order valence-corrected chi connectivity index (χ3v) is 3.54. The number of aromatic carboxylic acids is 1. The Morgan fingerprint density at radius 3 is 2.28 bits per heavy atom. The zero-order valence-electron chi connectivity index (χ0n) is 16.4. The smallest absolute Gasteiger partial charge is 0.408 e. The number of carbonyl (C=O) groups is 3. The Kier molecular flexibility index (Phi) is 6.37. The molecule has 10 nitrogen and oxygen atoms in total. The molecular formula is C19H22N4O6. The van der Waals surface area contributed by atoms with E-state index in [0.29, 0.717) is 11.3 Å². The first kappa shape index (κ1) is 21.6. The van der Waals surface area contributed by atoms with E-state index in [1.165, 1.54) is 6.92 Å². The van der Waals surface area contributed by atoms with Gasteiger partial charge in [-0.15, -0.1) is 0 Å². The SMILES string of the molecule is C[C@@H](NC(=O)OC(C)(C)C)C(=O)Nc1ccc(-c2ncc(C(=O)O)c(O)n2)cc1. The number of aromatic hydroxyl groups is 1. The van der Waals surface area contributed by atoms with Gasteiger partial charge in [0.1, 0.15) is 17.2 Å². The lowest BCUT2D eigenvalue weighted by Crippen LogP contribution is -2.43. The molecule has 0 bridgehead atoms. The zero-order chi connectivity index (χ0) is 21.8. The molecule has 10 heteroatoms. The minimum Gasteiger partial charge on any atom is -0.493 e. The first-order chi connectivity index (χ1) is 13.5. The van der Waals surface area contributed by atoms with E-state index in [9.17, 15) is 19.5 Å². The molecule has 0 unspecified atom stereocenters. The fraction of sp³-hybridized carbons (Fsp3) is 0.316. The molecule has 0 saturated heterocycles. The lowest BCUT2D eigenvalue weighted by Gasteiger charge is -2.21. The fourth-order valence-electron chi connectivity index (χ4n) is 2.17. The minimum absolute atomic E-state index is 0.130. The topological polar surface area (TPSA) is 151 Å². The number of amides is 2. The van der Waals surface area contributed by atoms with Crippen LogP contribution in [-0.2, 0) is 9.53 Å². The van der Waals surface area contributed by atoms with Gasteiger partial charge in [0.15, 0.2) is 5.82 Å². The number of carboxylic acids is 1. The van der Waals surface area contributed by atoms with Crippen molar-refractivity contribution in [3.05, 3.63) is 36.0 Å². The van der Waals surface area contributed by atoms with Crippen molar-refractivity contribution in [3.8, 4) is 17.3 Å². The maximum absolute atomic E-state index is 12.2. The zero-order valence-corrected chi connectivity index (χ0v) is 16.4. The Labute approximate surface area is 166 Å². The molecule has 0 aliphatic carbocycles. The van der Waals surface area contributed by atoms with Gasteiger partial charge in [-0.05, 0) is 52.0 Å². The molecule has 1 aromatic heterocycles. The molecule has 2 aromatic rings. The van der Waals surface area contributed by atoms with Crippen molar-refractivity contribution in [2.45, 2.75) is 39.3 Å². The van der Waals surface area contributed by atoms with Crippen molar-refractivity contribution < 1.29 is 29.3 Å². The summed E-state index contributed by atoms with van der Waals surface area (Å²) in [5, 5.41) is 23.6. The van der Waals surface area contributed by atoms with Crippen LogP contribution in [0.15, 0.2) is 30.5 Å². The summed E-state index contributed by atoms with van der Waals surface area (Å²) in [6.45, 7) is 6.68. The molecule has 4 N–H and O–H groups in total. The number of hydrogen-bond donors (Lipinski definition) is 4. The summed E-state index contributed by atoms with van der Waals surface area (Å²) in [4.78, 5) is 42.5. The lowest BCUT2D eigenvalue weighted by atomic mass is 10.2. The van der Waals surface area contributed by atoms with Gasteiger partial charge in [0.05, 0.1) is 0 Å². The summed E-state index contributed by atoms with van der Waals surface area (Å²) in [6, 6.07) is 5.53. The van der Waals surface area contributed by atoms with Crippen LogP contribution >= 0.6 is 0 Å². The van der Waals surface area contributed by atoms with Crippen molar-refractivity contribution >= 4 is 23.7 Å². The van der Waals surface area contributed by atoms with Crippen LogP contribution in [0.1, 0.15) is 38.1 Å². The highest BCUT2D eigenvalue weighted by atomic mass is 16.6. The number of nitrogens with one attached hydrogen (secondary N) is 2. The number of anilines is 1. The highest BCUT2D eigenvalue weighted by Crippen LogP contribution is 2.21. The molecule has 1 aromatic carbocycles.